The van der Waals surface area contributed by atoms with Crippen molar-refractivity contribution < 1.29 is 13.9 Å². The lowest BCUT2D eigenvalue weighted by Crippen LogP contribution is -2.41. The van der Waals surface area contributed by atoms with E-state index in [0.717, 1.165) is 19.3 Å². The molecule has 5 heteroatoms. The monoisotopic (exact) mass is 280 g/mol. The molecule has 0 aromatic heterocycles. The van der Waals surface area contributed by atoms with Crippen molar-refractivity contribution in [1.82, 2.24) is 4.90 Å². The zero-order chi connectivity index (χ0) is 14.5. The van der Waals surface area contributed by atoms with E-state index < -0.39 is 0 Å². The van der Waals surface area contributed by atoms with Crippen LogP contribution < -0.4 is 10.5 Å². The minimum Gasteiger partial charge on any atom is -0.489 e. The Balaban J connectivity index is 1.79. The summed E-state index contributed by atoms with van der Waals surface area (Å²) < 4.78 is 18.7. The molecule has 110 valence electrons. The molecule has 1 fully saturated rings. The third-order valence-corrected chi connectivity index (χ3v) is 3.78. The van der Waals surface area contributed by atoms with Crippen LogP contribution in [-0.2, 0) is 4.79 Å². The molecular formula is C15H21FN2O2. The number of hydrogen-bond donors (Lipinski definition) is 1. The van der Waals surface area contributed by atoms with Crippen LogP contribution in [0.5, 0.6) is 5.75 Å². The van der Waals surface area contributed by atoms with Gasteiger partial charge in [0.1, 0.15) is 6.61 Å². The van der Waals surface area contributed by atoms with Gasteiger partial charge in [0.2, 0.25) is 5.91 Å². The summed E-state index contributed by atoms with van der Waals surface area (Å²) in [5.74, 6) is -0.189. The molecule has 2 unspecified atom stereocenters. The van der Waals surface area contributed by atoms with Gasteiger partial charge < -0.3 is 15.4 Å². The van der Waals surface area contributed by atoms with Gasteiger partial charge in [-0.1, -0.05) is 18.6 Å². The normalized spacial score (nSPS) is 21.8. The molecule has 2 atom stereocenters. The Kier molecular flexibility index (Phi) is 4.95. The molecule has 1 aliphatic carbocycles. The number of ether oxygens (including phenoxy) is 1. The number of rotatable bonds is 5. The molecule has 0 aliphatic heterocycles. The van der Waals surface area contributed by atoms with Crippen molar-refractivity contribution in [2.45, 2.75) is 25.3 Å². The van der Waals surface area contributed by atoms with Gasteiger partial charge in [0, 0.05) is 13.1 Å². The molecule has 1 amide bonds. The van der Waals surface area contributed by atoms with Crippen molar-refractivity contribution in [1.29, 1.82) is 0 Å². The van der Waals surface area contributed by atoms with E-state index in [9.17, 15) is 9.18 Å². The molecule has 0 radical (unpaired) electrons. The second-order valence-corrected chi connectivity index (χ2v) is 5.24. The quantitative estimate of drug-likeness (QED) is 0.894. The van der Waals surface area contributed by atoms with E-state index >= 15 is 0 Å². The highest BCUT2D eigenvalue weighted by Gasteiger charge is 2.31. The van der Waals surface area contributed by atoms with Gasteiger partial charge in [0.05, 0.1) is 12.5 Å². The van der Waals surface area contributed by atoms with Crippen LogP contribution in [0.2, 0.25) is 0 Å². The van der Waals surface area contributed by atoms with Crippen molar-refractivity contribution in [3.8, 4) is 5.75 Å². The van der Waals surface area contributed by atoms with Crippen molar-refractivity contribution in [3.63, 3.8) is 0 Å². The first kappa shape index (κ1) is 14.8. The number of amides is 1. The van der Waals surface area contributed by atoms with Gasteiger partial charge in [-0.3, -0.25) is 4.79 Å². The lowest BCUT2D eigenvalue weighted by Gasteiger charge is -2.23. The number of carbonyl (C=O) groups is 1. The summed E-state index contributed by atoms with van der Waals surface area (Å²) in [6.07, 6.45) is 2.78. The highest BCUT2D eigenvalue weighted by atomic mass is 19.1. The molecular weight excluding hydrogens is 259 g/mol. The fourth-order valence-corrected chi connectivity index (χ4v) is 2.54. The van der Waals surface area contributed by atoms with Crippen molar-refractivity contribution in [3.05, 3.63) is 30.1 Å². The largest absolute Gasteiger partial charge is 0.489 e. The van der Waals surface area contributed by atoms with Gasteiger partial charge in [0.25, 0.3) is 0 Å². The van der Waals surface area contributed by atoms with E-state index in [2.05, 4.69) is 0 Å². The van der Waals surface area contributed by atoms with E-state index in [1.54, 1.807) is 30.1 Å². The van der Waals surface area contributed by atoms with E-state index in [-0.39, 0.29) is 36.0 Å². The first-order valence-electron chi connectivity index (χ1n) is 6.97. The molecule has 1 aromatic carbocycles. The maximum absolute atomic E-state index is 13.3. The smallest absolute Gasteiger partial charge is 0.227 e. The van der Waals surface area contributed by atoms with Crippen molar-refractivity contribution >= 4 is 5.91 Å². The van der Waals surface area contributed by atoms with E-state index in [0.29, 0.717) is 6.54 Å². The van der Waals surface area contributed by atoms with Gasteiger partial charge >= 0.3 is 0 Å². The Morgan fingerprint density at radius 1 is 1.45 bits per heavy atom. The predicted octanol–water partition coefficient (Wildman–Crippen LogP) is 1.79. The third kappa shape index (κ3) is 3.48. The standard InChI is InChI=1S/C15H21FN2O2/c1-18(15(19)11-5-4-7-13(11)17)9-10-20-14-8-3-2-6-12(14)16/h2-3,6,8,11,13H,4-5,7,9-10,17H2,1H3. The third-order valence-electron chi connectivity index (χ3n) is 3.78. The molecule has 0 spiro atoms. The van der Waals surface area contributed by atoms with E-state index in [1.165, 1.54) is 6.07 Å². The van der Waals surface area contributed by atoms with Gasteiger partial charge in [0.15, 0.2) is 11.6 Å². The van der Waals surface area contributed by atoms with Gasteiger partial charge in [-0.2, -0.15) is 0 Å². The highest BCUT2D eigenvalue weighted by molar-refractivity contribution is 5.79. The number of benzene rings is 1. The Morgan fingerprint density at radius 2 is 2.20 bits per heavy atom. The van der Waals surface area contributed by atoms with E-state index in [1.807, 2.05) is 0 Å². The van der Waals surface area contributed by atoms with Crippen LogP contribution in [0.25, 0.3) is 0 Å². The summed E-state index contributed by atoms with van der Waals surface area (Å²) >= 11 is 0. The van der Waals surface area contributed by atoms with Crippen LogP contribution >= 0.6 is 0 Å². The fraction of sp³-hybridized carbons (Fsp3) is 0.533. The maximum atomic E-state index is 13.3. The zero-order valence-corrected chi connectivity index (χ0v) is 11.7. The average Bonchev–Trinajstić information content (AvgIpc) is 2.86. The predicted molar refractivity (Wildman–Crippen MR) is 74.8 cm³/mol. The number of hydrogen-bond acceptors (Lipinski definition) is 3. The Labute approximate surface area is 118 Å². The molecule has 0 bridgehead atoms. The van der Waals surface area contributed by atoms with Crippen LogP contribution in [0.15, 0.2) is 24.3 Å². The van der Waals surface area contributed by atoms with Crippen LogP contribution in [0.3, 0.4) is 0 Å². The molecule has 2 N–H and O–H groups in total. The Hall–Kier alpha value is -1.62. The van der Waals surface area contributed by atoms with Crippen LogP contribution in [0.1, 0.15) is 19.3 Å². The first-order chi connectivity index (χ1) is 9.59. The molecule has 0 heterocycles. The van der Waals surface area contributed by atoms with Gasteiger partial charge in [-0.05, 0) is 25.0 Å². The number of likely N-dealkylation sites (N-methyl/N-ethyl adjacent to an activating group) is 1. The number of halogens is 1. The number of para-hydroxylation sites is 1. The number of carbonyl (C=O) groups excluding carboxylic acids is 1. The minimum atomic E-state index is -0.390. The molecule has 1 aliphatic rings. The molecule has 0 saturated heterocycles. The number of nitrogens with two attached hydrogens (primary N) is 1. The van der Waals surface area contributed by atoms with Crippen molar-refractivity contribution in [2.24, 2.45) is 11.7 Å². The highest BCUT2D eigenvalue weighted by Crippen LogP contribution is 2.25. The first-order valence-corrected chi connectivity index (χ1v) is 6.97. The average molecular weight is 280 g/mol. The Morgan fingerprint density at radius 3 is 2.85 bits per heavy atom. The summed E-state index contributed by atoms with van der Waals surface area (Å²) in [6, 6.07) is 6.22. The van der Waals surface area contributed by atoms with Crippen LogP contribution in [-0.4, -0.2) is 37.0 Å². The summed E-state index contributed by atoms with van der Waals surface area (Å²) in [5.41, 5.74) is 5.93. The van der Waals surface area contributed by atoms with Gasteiger partial charge in [-0.15, -0.1) is 0 Å². The lowest BCUT2D eigenvalue weighted by atomic mass is 10.0. The molecule has 1 saturated carbocycles. The van der Waals surface area contributed by atoms with E-state index in [4.69, 9.17) is 10.5 Å². The summed E-state index contributed by atoms with van der Waals surface area (Å²) in [5, 5.41) is 0. The fourth-order valence-electron chi connectivity index (χ4n) is 2.54. The molecule has 20 heavy (non-hydrogen) atoms. The second-order valence-electron chi connectivity index (χ2n) is 5.24. The summed E-state index contributed by atoms with van der Waals surface area (Å²) in [4.78, 5) is 13.8. The number of nitrogens with zero attached hydrogens (tertiary/aromatic N) is 1. The topological polar surface area (TPSA) is 55.6 Å². The zero-order valence-electron chi connectivity index (χ0n) is 11.7. The molecule has 2 rings (SSSR count). The SMILES string of the molecule is CN(CCOc1ccccc1F)C(=O)C1CCCC1N. The molecule has 4 nitrogen and oxygen atoms in total. The van der Waals surface area contributed by atoms with Crippen molar-refractivity contribution in [2.75, 3.05) is 20.2 Å². The maximum Gasteiger partial charge on any atom is 0.227 e. The van der Waals surface area contributed by atoms with Gasteiger partial charge in [-0.25, -0.2) is 4.39 Å². The van der Waals surface area contributed by atoms with Crippen LogP contribution in [0.4, 0.5) is 4.39 Å². The summed E-state index contributed by atoms with van der Waals surface area (Å²) in [6.45, 7) is 0.696. The minimum absolute atomic E-state index is 0.0302. The summed E-state index contributed by atoms with van der Waals surface area (Å²) in [7, 11) is 1.73. The lowest BCUT2D eigenvalue weighted by molar-refractivity contribution is -0.134. The second kappa shape index (κ2) is 6.70. The Bertz CT molecular complexity index is 467. The molecule has 1 aromatic rings. The van der Waals surface area contributed by atoms with Crippen LogP contribution in [0, 0.1) is 11.7 Å².